The molecule has 3 heterocycles. The van der Waals surface area contributed by atoms with Crippen LogP contribution in [-0.4, -0.2) is 49.1 Å². The zero-order chi connectivity index (χ0) is 21.1. The topological polar surface area (TPSA) is 105 Å². The van der Waals surface area contributed by atoms with Crippen LogP contribution >= 0.6 is 11.3 Å². The van der Waals surface area contributed by atoms with Crippen LogP contribution in [0.5, 0.6) is 0 Å². The molecule has 1 N–H and O–H groups in total. The summed E-state index contributed by atoms with van der Waals surface area (Å²) in [4.78, 5) is 14.0. The maximum atomic E-state index is 12.7. The van der Waals surface area contributed by atoms with E-state index in [9.17, 15) is 13.2 Å². The van der Waals surface area contributed by atoms with E-state index < -0.39 is 10.0 Å². The average molecular weight is 447 g/mol. The van der Waals surface area contributed by atoms with E-state index in [1.54, 1.807) is 10.3 Å². The normalized spacial score (nSPS) is 15.4. The number of carbonyl (C=O) groups excluding carboxylic acids is 1. The van der Waals surface area contributed by atoms with Crippen LogP contribution in [0.3, 0.4) is 0 Å². The van der Waals surface area contributed by atoms with Crippen molar-refractivity contribution in [1.82, 2.24) is 19.8 Å². The Kier molecular flexibility index (Phi) is 5.98. The SMILES string of the molecule is CC(CNS(=O)(=O)c1cc(-c2nnc(C(=O)N3CCCC3)o2)cs1)c1ccccc1. The number of nitrogens with zero attached hydrogens (tertiary/aromatic N) is 3. The van der Waals surface area contributed by atoms with Gasteiger partial charge in [0.2, 0.25) is 15.9 Å². The van der Waals surface area contributed by atoms with Crippen LogP contribution in [0.25, 0.3) is 11.5 Å². The highest BCUT2D eigenvalue weighted by atomic mass is 32.2. The van der Waals surface area contributed by atoms with Gasteiger partial charge in [-0.3, -0.25) is 4.79 Å². The highest BCUT2D eigenvalue weighted by Gasteiger charge is 2.26. The maximum absolute atomic E-state index is 12.7. The van der Waals surface area contributed by atoms with Crippen molar-refractivity contribution in [2.75, 3.05) is 19.6 Å². The van der Waals surface area contributed by atoms with Crippen molar-refractivity contribution in [1.29, 1.82) is 0 Å². The summed E-state index contributed by atoms with van der Waals surface area (Å²) < 4.78 is 33.7. The Bertz CT molecular complexity index is 1120. The summed E-state index contributed by atoms with van der Waals surface area (Å²) in [5, 5.41) is 9.38. The highest BCUT2D eigenvalue weighted by molar-refractivity contribution is 7.91. The first-order valence-corrected chi connectivity index (χ1v) is 12.1. The van der Waals surface area contributed by atoms with Crippen LogP contribution in [0.1, 0.15) is 41.9 Å². The van der Waals surface area contributed by atoms with E-state index >= 15 is 0 Å². The molecule has 3 aromatic rings. The van der Waals surface area contributed by atoms with Gasteiger partial charge in [-0.05, 0) is 30.4 Å². The van der Waals surface area contributed by atoms with Gasteiger partial charge < -0.3 is 9.32 Å². The van der Waals surface area contributed by atoms with Gasteiger partial charge in [0.1, 0.15) is 4.21 Å². The molecule has 1 aliphatic rings. The fraction of sp³-hybridized carbons (Fsp3) is 0.350. The number of likely N-dealkylation sites (tertiary alicyclic amines) is 1. The van der Waals surface area contributed by atoms with Crippen molar-refractivity contribution in [3.8, 4) is 11.5 Å². The minimum Gasteiger partial charge on any atom is -0.412 e. The van der Waals surface area contributed by atoms with Gasteiger partial charge in [-0.15, -0.1) is 21.5 Å². The molecule has 1 amide bonds. The number of carbonyl (C=O) groups is 1. The molecule has 158 valence electrons. The third kappa shape index (κ3) is 4.45. The molecule has 2 aromatic heterocycles. The van der Waals surface area contributed by atoms with E-state index in [1.165, 1.54) is 6.07 Å². The van der Waals surface area contributed by atoms with Crippen LogP contribution in [0, 0.1) is 0 Å². The summed E-state index contributed by atoms with van der Waals surface area (Å²) in [5.74, 6) is -0.188. The van der Waals surface area contributed by atoms with Crippen LogP contribution < -0.4 is 4.72 Å². The third-order valence-corrected chi connectivity index (χ3v) is 7.90. The first-order valence-electron chi connectivity index (χ1n) is 9.70. The highest BCUT2D eigenvalue weighted by Crippen LogP contribution is 2.28. The summed E-state index contributed by atoms with van der Waals surface area (Å²) in [5.41, 5.74) is 1.54. The zero-order valence-electron chi connectivity index (χ0n) is 16.4. The molecular weight excluding hydrogens is 424 g/mol. The number of amides is 1. The Balaban J connectivity index is 1.43. The Labute approximate surface area is 179 Å². The summed E-state index contributed by atoms with van der Waals surface area (Å²) in [7, 11) is -3.67. The molecule has 30 heavy (non-hydrogen) atoms. The van der Waals surface area contributed by atoms with E-state index in [4.69, 9.17) is 4.42 Å². The minimum absolute atomic E-state index is 0.0375. The maximum Gasteiger partial charge on any atom is 0.311 e. The molecule has 0 spiro atoms. The molecule has 0 bridgehead atoms. The van der Waals surface area contributed by atoms with Crippen LogP contribution in [0.4, 0.5) is 0 Å². The molecule has 1 aliphatic heterocycles. The zero-order valence-corrected chi connectivity index (χ0v) is 18.1. The Hall–Kier alpha value is -2.56. The van der Waals surface area contributed by atoms with Crippen molar-refractivity contribution >= 4 is 27.3 Å². The number of hydrogen-bond donors (Lipinski definition) is 1. The lowest BCUT2D eigenvalue weighted by molar-refractivity contribution is 0.0754. The summed E-state index contributed by atoms with van der Waals surface area (Å²) in [6.07, 6.45) is 1.93. The summed E-state index contributed by atoms with van der Waals surface area (Å²) >= 11 is 1.07. The monoisotopic (exact) mass is 446 g/mol. The quantitative estimate of drug-likeness (QED) is 0.598. The lowest BCUT2D eigenvalue weighted by atomic mass is 10.0. The van der Waals surface area contributed by atoms with E-state index in [2.05, 4.69) is 14.9 Å². The number of sulfonamides is 1. The van der Waals surface area contributed by atoms with E-state index in [0.29, 0.717) is 18.7 Å². The van der Waals surface area contributed by atoms with Crippen molar-refractivity contribution in [2.24, 2.45) is 0 Å². The first-order chi connectivity index (χ1) is 14.4. The van der Waals surface area contributed by atoms with Crippen LogP contribution in [-0.2, 0) is 10.0 Å². The molecule has 1 unspecified atom stereocenters. The lowest BCUT2D eigenvalue weighted by Gasteiger charge is -2.12. The smallest absolute Gasteiger partial charge is 0.311 e. The minimum atomic E-state index is -3.67. The molecule has 1 atom stereocenters. The predicted molar refractivity (Wildman–Crippen MR) is 113 cm³/mol. The molecular formula is C20H22N4O4S2. The molecule has 0 radical (unpaired) electrons. The van der Waals surface area contributed by atoms with Crippen LogP contribution in [0.15, 0.2) is 50.4 Å². The van der Waals surface area contributed by atoms with Crippen molar-refractivity contribution in [3.63, 3.8) is 0 Å². The number of thiophene rings is 1. The number of hydrogen-bond acceptors (Lipinski definition) is 7. The molecule has 8 nitrogen and oxygen atoms in total. The number of rotatable bonds is 7. The number of nitrogens with one attached hydrogen (secondary N) is 1. The first kappa shape index (κ1) is 20.7. The second kappa shape index (κ2) is 8.66. The molecule has 1 fully saturated rings. The second-order valence-electron chi connectivity index (χ2n) is 7.23. The van der Waals surface area contributed by atoms with Gasteiger partial charge in [0.05, 0.1) is 5.56 Å². The summed E-state index contributed by atoms with van der Waals surface area (Å²) in [6.45, 7) is 3.62. The fourth-order valence-corrected chi connectivity index (χ4v) is 5.59. The Morgan fingerprint density at radius 3 is 2.70 bits per heavy atom. The van der Waals surface area contributed by atoms with Crippen molar-refractivity contribution < 1.29 is 17.6 Å². The van der Waals surface area contributed by atoms with Gasteiger partial charge >= 0.3 is 11.8 Å². The summed E-state index contributed by atoms with van der Waals surface area (Å²) in [6, 6.07) is 11.2. The van der Waals surface area contributed by atoms with E-state index in [0.717, 1.165) is 29.7 Å². The van der Waals surface area contributed by atoms with Crippen molar-refractivity contribution in [3.05, 3.63) is 53.2 Å². The predicted octanol–water partition coefficient (Wildman–Crippen LogP) is 3.12. The number of benzene rings is 1. The third-order valence-electron chi connectivity index (χ3n) is 5.04. The van der Waals surface area contributed by atoms with Gasteiger partial charge in [-0.2, -0.15) is 0 Å². The molecule has 0 saturated carbocycles. The van der Waals surface area contributed by atoms with Crippen molar-refractivity contribution in [2.45, 2.75) is 29.9 Å². The Morgan fingerprint density at radius 1 is 1.23 bits per heavy atom. The van der Waals surface area contributed by atoms with Gasteiger partial charge in [0.25, 0.3) is 0 Å². The van der Waals surface area contributed by atoms with E-state index in [-0.39, 0.29) is 34.4 Å². The van der Waals surface area contributed by atoms with Gasteiger partial charge in [0, 0.05) is 25.0 Å². The van der Waals surface area contributed by atoms with E-state index in [1.807, 2.05) is 37.3 Å². The van der Waals surface area contributed by atoms with Gasteiger partial charge in [-0.1, -0.05) is 37.3 Å². The molecule has 0 aliphatic carbocycles. The van der Waals surface area contributed by atoms with Crippen LogP contribution in [0.2, 0.25) is 0 Å². The average Bonchev–Trinajstić information content (AvgIpc) is 3.53. The standard InChI is InChI=1S/C20H22N4O4S2/c1-14(15-7-3-2-4-8-15)12-21-30(26,27)17-11-16(13-29-17)18-22-23-19(28-18)20(25)24-9-5-6-10-24/h2-4,7-8,11,13-14,21H,5-6,9-10,12H2,1H3. The molecule has 10 heteroatoms. The number of aromatic nitrogens is 2. The fourth-order valence-electron chi connectivity index (χ4n) is 3.26. The lowest BCUT2D eigenvalue weighted by Crippen LogP contribution is -2.27. The second-order valence-corrected chi connectivity index (χ2v) is 10.1. The van der Waals surface area contributed by atoms with Gasteiger partial charge in [-0.25, -0.2) is 13.1 Å². The molecule has 1 saturated heterocycles. The molecule has 1 aromatic carbocycles. The Morgan fingerprint density at radius 2 is 1.97 bits per heavy atom. The van der Waals surface area contributed by atoms with Gasteiger partial charge in [0.15, 0.2) is 0 Å². The largest absolute Gasteiger partial charge is 0.412 e. The molecule has 4 rings (SSSR count).